The van der Waals surface area contributed by atoms with Crippen LogP contribution in [0.15, 0.2) is 0 Å². The van der Waals surface area contributed by atoms with Gasteiger partial charge < -0.3 is 15.3 Å². The van der Waals surface area contributed by atoms with Crippen LogP contribution in [0, 0.1) is 5.92 Å². The van der Waals surface area contributed by atoms with Crippen LogP contribution in [-0.4, -0.2) is 60.1 Å². The summed E-state index contributed by atoms with van der Waals surface area (Å²) in [6, 6.07) is -0.672. The van der Waals surface area contributed by atoms with Crippen molar-refractivity contribution in [1.82, 2.24) is 10.2 Å². The third-order valence-electron chi connectivity index (χ3n) is 4.76. The Hall–Kier alpha value is -1.31. The Bertz CT molecular complexity index is 557. The molecule has 0 aromatic heterocycles. The van der Waals surface area contributed by atoms with E-state index in [9.17, 15) is 18.0 Å². The average Bonchev–Trinajstić information content (AvgIpc) is 2.92. The largest absolute Gasteiger partial charge is 0.481 e. The molecule has 8 heteroatoms. The van der Waals surface area contributed by atoms with Crippen LogP contribution < -0.4 is 5.32 Å². The first-order chi connectivity index (χ1) is 9.54. The summed E-state index contributed by atoms with van der Waals surface area (Å²) in [6.45, 7) is 3.13. The second-order valence-electron chi connectivity index (χ2n) is 6.58. The van der Waals surface area contributed by atoms with E-state index in [0.29, 0.717) is 12.8 Å². The van der Waals surface area contributed by atoms with Crippen molar-refractivity contribution in [2.45, 2.75) is 49.9 Å². The monoisotopic (exact) mass is 318 g/mol. The molecule has 2 aliphatic heterocycles. The Morgan fingerprint density at radius 1 is 1.33 bits per heavy atom. The van der Waals surface area contributed by atoms with Gasteiger partial charge in [-0.3, -0.25) is 4.79 Å². The van der Waals surface area contributed by atoms with Gasteiger partial charge in [0.2, 0.25) is 0 Å². The van der Waals surface area contributed by atoms with Crippen molar-refractivity contribution >= 4 is 21.8 Å². The second kappa shape index (κ2) is 5.15. The number of amides is 2. The van der Waals surface area contributed by atoms with Gasteiger partial charge in [-0.2, -0.15) is 0 Å². The molecule has 2 bridgehead atoms. The van der Waals surface area contributed by atoms with Crippen molar-refractivity contribution < 1.29 is 23.1 Å². The molecule has 2 rings (SSSR count). The number of hydrogen-bond acceptors (Lipinski definition) is 4. The second-order valence-corrected chi connectivity index (χ2v) is 9.23. The quantitative estimate of drug-likeness (QED) is 0.783. The van der Waals surface area contributed by atoms with Gasteiger partial charge in [-0.1, -0.05) is 0 Å². The molecule has 0 aromatic carbocycles. The third-order valence-corrected chi connectivity index (χ3v) is 6.91. The van der Waals surface area contributed by atoms with Gasteiger partial charge in [0.25, 0.3) is 0 Å². The van der Waals surface area contributed by atoms with E-state index >= 15 is 0 Å². The summed E-state index contributed by atoms with van der Waals surface area (Å²) in [5.74, 6) is -1.37. The number of carbonyl (C=O) groups is 2. The molecular formula is C13H22N2O5S. The molecule has 2 N–H and O–H groups in total. The number of carboxylic acid groups (broad SMARTS) is 1. The topological polar surface area (TPSA) is 104 Å². The third kappa shape index (κ3) is 2.86. The minimum absolute atomic E-state index is 0.0122. The molecule has 0 aliphatic carbocycles. The molecule has 120 valence electrons. The highest BCUT2D eigenvalue weighted by molar-refractivity contribution is 7.92. The summed E-state index contributed by atoms with van der Waals surface area (Å²) in [4.78, 5) is 25.0. The van der Waals surface area contributed by atoms with E-state index in [1.807, 2.05) is 0 Å². The van der Waals surface area contributed by atoms with Crippen LogP contribution in [0.2, 0.25) is 0 Å². The standard InChI is InChI=1S/C13H22N2O5S/c1-13(2,21(3,19)20)7-14-12(18)15-8-4-5-10(15)9(6-8)11(16)17/h8-10H,4-7H2,1-3H3,(H,14,18)(H,16,17). The van der Waals surface area contributed by atoms with E-state index in [0.717, 1.165) is 12.7 Å². The molecule has 3 atom stereocenters. The molecule has 7 nitrogen and oxygen atoms in total. The molecule has 3 unspecified atom stereocenters. The lowest BCUT2D eigenvalue weighted by Gasteiger charge is -2.27. The molecule has 21 heavy (non-hydrogen) atoms. The van der Waals surface area contributed by atoms with E-state index in [-0.39, 0.29) is 24.7 Å². The molecule has 2 fully saturated rings. The van der Waals surface area contributed by atoms with Crippen molar-refractivity contribution in [3.63, 3.8) is 0 Å². The fourth-order valence-corrected chi connectivity index (χ4v) is 3.42. The molecule has 2 heterocycles. The molecule has 2 amide bonds. The Labute approximate surface area is 124 Å². The highest BCUT2D eigenvalue weighted by Crippen LogP contribution is 2.41. The van der Waals surface area contributed by atoms with Gasteiger partial charge in [-0.25, -0.2) is 13.2 Å². The Morgan fingerprint density at radius 3 is 2.43 bits per heavy atom. The molecule has 2 aliphatic rings. The average molecular weight is 318 g/mol. The van der Waals surface area contributed by atoms with Gasteiger partial charge in [-0.15, -0.1) is 0 Å². The minimum Gasteiger partial charge on any atom is -0.481 e. The fraction of sp³-hybridized carbons (Fsp3) is 0.846. The van der Waals surface area contributed by atoms with Crippen molar-refractivity contribution in [3.8, 4) is 0 Å². The molecule has 0 aromatic rings. The van der Waals surface area contributed by atoms with Gasteiger partial charge >= 0.3 is 12.0 Å². The summed E-state index contributed by atoms with van der Waals surface area (Å²) in [6.07, 6.45) is 3.14. The number of carbonyl (C=O) groups excluding carboxylic acids is 1. The maximum atomic E-state index is 12.3. The number of nitrogens with one attached hydrogen (secondary N) is 1. The summed E-state index contributed by atoms with van der Waals surface area (Å²) in [5.41, 5.74) is 0. The van der Waals surface area contributed by atoms with Crippen LogP contribution in [0.3, 0.4) is 0 Å². The maximum absolute atomic E-state index is 12.3. The number of fused-ring (bicyclic) bond motifs is 2. The van der Waals surface area contributed by atoms with Gasteiger partial charge in [0.05, 0.1) is 10.7 Å². The lowest BCUT2D eigenvalue weighted by Crippen LogP contribution is -2.50. The summed E-state index contributed by atoms with van der Waals surface area (Å²) < 4.78 is 22.2. The van der Waals surface area contributed by atoms with E-state index < -0.39 is 26.5 Å². The minimum atomic E-state index is -3.28. The predicted octanol–water partition coefficient (Wildman–Crippen LogP) is 0.457. The Morgan fingerprint density at radius 2 is 1.95 bits per heavy atom. The molecule has 2 saturated heterocycles. The number of carboxylic acids is 1. The van der Waals surface area contributed by atoms with Gasteiger partial charge in [0.15, 0.2) is 9.84 Å². The first kappa shape index (κ1) is 16.1. The number of nitrogens with zero attached hydrogens (tertiary/aromatic N) is 1. The maximum Gasteiger partial charge on any atom is 0.317 e. The zero-order valence-electron chi connectivity index (χ0n) is 12.5. The van der Waals surface area contributed by atoms with Gasteiger partial charge in [-0.05, 0) is 33.1 Å². The van der Waals surface area contributed by atoms with Crippen LogP contribution in [-0.2, 0) is 14.6 Å². The van der Waals surface area contributed by atoms with Crippen LogP contribution in [0.4, 0.5) is 4.79 Å². The van der Waals surface area contributed by atoms with Crippen LogP contribution in [0.1, 0.15) is 33.1 Å². The van der Waals surface area contributed by atoms with Crippen LogP contribution >= 0.6 is 0 Å². The smallest absolute Gasteiger partial charge is 0.317 e. The summed E-state index contributed by atoms with van der Waals surface area (Å²) in [7, 11) is -3.28. The molecule has 0 saturated carbocycles. The van der Waals surface area contributed by atoms with E-state index in [1.54, 1.807) is 18.7 Å². The highest BCUT2D eigenvalue weighted by atomic mass is 32.2. The normalized spacial score (nSPS) is 28.7. The van der Waals surface area contributed by atoms with Crippen molar-refractivity contribution in [2.24, 2.45) is 5.92 Å². The summed E-state index contributed by atoms with van der Waals surface area (Å²) >= 11 is 0. The molecule has 0 spiro atoms. The lowest BCUT2D eigenvalue weighted by molar-refractivity contribution is -0.142. The number of aliphatic carboxylic acids is 1. The van der Waals surface area contributed by atoms with Crippen molar-refractivity contribution in [3.05, 3.63) is 0 Å². The van der Waals surface area contributed by atoms with Crippen molar-refractivity contribution in [2.75, 3.05) is 12.8 Å². The zero-order chi connectivity index (χ0) is 16.0. The van der Waals surface area contributed by atoms with E-state index in [4.69, 9.17) is 5.11 Å². The lowest BCUT2D eigenvalue weighted by atomic mass is 9.89. The Balaban J connectivity index is 2.01. The van der Waals surface area contributed by atoms with E-state index in [1.165, 1.54) is 0 Å². The number of rotatable bonds is 4. The van der Waals surface area contributed by atoms with Gasteiger partial charge in [0, 0.05) is 24.9 Å². The predicted molar refractivity (Wildman–Crippen MR) is 76.7 cm³/mol. The summed E-state index contributed by atoms with van der Waals surface area (Å²) in [5, 5.41) is 11.8. The van der Waals surface area contributed by atoms with Crippen molar-refractivity contribution in [1.29, 1.82) is 0 Å². The first-order valence-electron chi connectivity index (χ1n) is 7.03. The Kier molecular flexibility index (Phi) is 3.94. The highest BCUT2D eigenvalue weighted by Gasteiger charge is 2.51. The first-order valence-corrected chi connectivity index (χ1v) is 8.92. The SMILES string of the molecule is CC(C)(CNC(=O)N1C2CCC1C(C(=O)O)C2)S(C)(=O)=O. The number of hydrogen-bond donors (Lipinski definition) is 2. The zero-order valence-corrected chi connectivity index (χ0v) is 13.3. The fourth-order valence-electron chi connectivity index (χ4n) is 3.08. The molecule has 0 radical (unpaired) electrons. The van der Waals surface area contributed by atoms with Gasteiger partial charge in [0.1, 0.15) is 0 Å². The molecular weight excluding hydrogens is 296 g/mol. The number of sulfone groups is 1. The van der Waals surface area contributed by atoms with E-state index in [2.05, 4.69) is 5.32 Å². The number of urea groups is 1. The van der Waals surface area contributed by atoms with Crippen LogP contribution in [0.25, 0.3) is 0 Å². The van der Waals surface area contributed by atoms with Crippen LogP contribution in [0.5, 0.6) is 0 Å².